The lowest BCUT2D eigenvalue weighted by Gasteiger charge is -2.09. The minimum atomic E-state index is -0.342. The van der Waals surface area contributed by atoms with Gasteiger partial charge in [-0.15, -0.1) is 15.3 Å². The monoisotopic (exact) mass is 372 g/mol. The van der Waals surface area contributed by atoms with E-state index in [0.717, 1.165) is 5.69 Å². The van der Waals surface area contributed by atoms with Crippen molar-refractivity contribution in [3.05, 3.63) is 48.0 Å². The van der Waals surface area contributed by atoms with Gasteiger partial charge in [-0.25, -0.2) is 0 Å². The van der Waals surface area contributed by atoms with Crippen LogP contribution in [0.5, 0.6) is 0 Å². The summed E-state index contributed by atoms with van der Waals surface area (Å²) in [6, 6.07) is 8.22. The van der Waals surface area contributed by atoms with Crippen LogP contribution in [-0.4, -0.2) is 41.5 Å². The number of aromatic nitrogens is 6. The molecular weight excluding hydrogens is 352 g/mol. The molecule has 26 heavy (non-hydrogen) atoms. The molecule has 0 saturated carbocycles. The maximum atomic E-state index is 11.9. The van der Waals surface area contributed by atoms with Gasteiger partial charge in [0.25, 0.3) is 0 Å². The molecule has 0 amide bonds. The summed E-state index contributed by atoms with van der Waals surface area (Å²) in [4.78, 5) is 11.9. The molecule has 3 rings (SSSR count). The van der Waals surface area contributed by atoms with Crippen molar-refractivity contribution in [1.29, 1.82) is 0 Å². The summed E-state index contributed by atoms with van der Waals surface area (Å²) in [6.07, 6.45) is 3.34. The minimum absolute atomic E-state index is 0.108. The lowest BCUT2D eigenvalue weighted by atomic mass is 10.0. The Hall–Kier alpha value is -2.68. The lowest BCUT2D eigenvalue weighted by Crippen LogP contribution is -2.08. The van der Waals surface area contributed by atoms with Crippen LogP contribution in [0.15, 0.2) is 41.9 Å². The first-order chi connectivity index (χ1) is 12.5. The quantitative estimate of drug-likeness (QED) is 0.465. The molecule has 136 valence electrons. The highest BCUT2D eigenvalue weighted by atomic mass is 32.2. The number of esters is 1. The van der Waals surface area contributed by atoms with Gasteiger partial charge in [0.1, 0.15) is 18.6 Å². The SMILES string of the molecule is CC(C)c1ccc(-n2cnnc2SCC(=O)OCc2cn(C)nn2)cc1. The standard InChI is InChI=1S/C17H20N6O2S/c1-12(2)13-4-6-15(7-5-13)23-11-18-20-17(23)26-10-16(24)25-9-14-8-22(3)21-19-14/h4-8,11-12H,9-10H2,1-3H3. The molecular formula is C17H20N6O2S. The highest BCUT2D eigenvalue weighted by Gasteiger charge is 2.12. The van der Waals surface area contributed by atoms with Crippen LogP contribution in [0.2, 0.25) is 0 Å². The Morgan fingerprint density at radius 3 is 2.65 bits per heavy atom. The largest absolute Gasteiger partial charge is 0.458 e. The van der Waals surface area contributed by atoms with E-state index in [9.17, 15) is 4.79 Å². The summed E-state index contributed by atoms with van der Waals surface area (Å²) in [6.45, 7) is 4.42. The first kappa shape index (κ1) is 18.1. The van der Waals surface area contributed by atoms with E-state index in [1.165, 1.54) is 17.3 Å². The van der Waals surface area contributed by atoms with Gasteiger partial charge in [0.05, 0.1) is 11.9 Å². The average molecular weight is 372 g/mol. The average Bonchev–Trinajstić information content (AvgIpc) is 3.27. The first-order valence-corrected chi connectivity index (χ1v) is 9.15. The predicted molar refractivity (Wildman–Crippen MR) is 97.0 cm³/mol. The van der Waals surface area contributed by atoms with E-state index in [4.69, 9.17) is 4.74 Å². The Kier molecular flexibility index (Phi) is 5.67. The van der Waals surface area contributed by atoms with Crippen LogP contribution in [0.1, 0.15) is 31.0 Å². The number of rotatable bonds is 7. The van der Waals surface area contributed by atoms with Crippen molar-refractivity contribution >= 4 is 17.7 Å². The third-order valence-electron chi connectivity index (χ3n) is 3.70. The van der Waals surface area contributed by atoms with Gasteiger partial charge in [-0.3, -0.25) is 14.0 Å². The van der Waals surface area contributed by atoms with Crippen LogP contribution < -0.4 is 0 Å². The molecule has 8 nitrogen and oxygen atoms in total. The summed E-state index contributed by atoms with van der Waals surface area (Å²) >= 11 is 1.28. The van der Waals surface area contributed by atoms with Gasteiger partial charge in [-0.05, 0) is 23.6 Å². The fourth-order valence-electron chi connectivity index (χ4n) is 2.30. The molecule has 0 spiro atoms. The fraction of sp³-hybridized carbons (Fsp3) is 0.353. The highest BCUT2D eigenvalue weighted by Crippen LogP contribution is 2.22. The highest BCUT2D eigenvalue weighted by molar-refractivity contribution is 7.99. The molecule has 9 heteroatoms. The normalized spacial score (nSPS) is 11.1. The molecule has 0 aliphatic rings. The molecule has 0 saturated heterocycles. The van der Waals surface area contributed by atoms with E-state index in [1.807, 2.05) is 16.7 Å². The van der Waals surface area contributed by atoms with E-state index in [0.29, 0.717) is 16.8 Å². The van der Waals surface area contributed by atoms with Crippen molar-refractivity contribution in [2.75, 3.05) is 5.75 Å². The van der Waals surface area contributed by atoms with Crippen molar-refractivity contribution in [1.82, 2.24) is 29.8 Å². The molecule has 0 N–H and O–H groups in total. The van der Waals surface area contributed by atoms with Gasteiger partial charge in [-0.2, -0.15) is 0 Å². The minimum Gasteiger partial charge on any atom is -0.458 e. The van der Waals surface area contributed by atoms with Gasteiger partial charge in [-0.1, -0.05) is 43.0 Å². The summed E-state index contributed by atoms with van der Waals surface area (Å²) in [5.74, 6) is 0.275. The van der Waals surface area contributed by atoms with Gasteiger partial charge in [0.15, 0.2) is 5.16 Å². The number of carbonyl (C=O) groups is 1. The molecule has 1 aromatic carbocycles. The Balaban J connectivity index is 1.57. The number of thioether (sulfide) groups is 1. The number of aryl methyl sites for hydroxylation is 1. The summed E-state index contributed by atoms with van der Waals surface area (Å²) in [7, 11) is 1.76. The van der Waals surface area contributed by atoms with E-state index in [2.05, 4.69) is 46.5 Å². The Morgan fingerprint density at radius 2 is 2.00 bits per heavy atom. The molecule has 0 atom stereocenters. The second-order valence-electron chi connectivity index (χ2n) is 6.06. The zero-order valence-electron chi connectivity index (χ0n) is 14.9. The van der Waals surface area contributed by atoms with Crippen LogP contribution in [0, 0.1) is 0 Å². The molecule has 3 aromatic rings. The van der Waals surface area contributed by atoms with E-state index in [1.54, 1.807) is 24.3 Å². The summed E-state index contributed by atoms with van der Waals surface area (Å²) < 4.78 is 8.61. The first-order valence-electron chi connectivity index (χ1n) is 8.17. The Bertz CT molecular complexity index is 872. The van der Waals surface area contributed by atoms with E-state index >= 15 is 0 Å². The van der Waals surface area contributed by atoms with Crippen LogP contribution >= 0.6 is 11.8 Å². The number of carbonyl (C=O) groups excluding carboxylic acids is 1. The Labute approximate surface area is 155 Å². The topological polar surface area (TPSA) is 87.7 Å². The van der Waals surface area contributed by atoms with E-state index in [-0.39, 0.29) is 18.3 Å². The number of nitrogens with zero attached hydrogens (tertiary/aromatic N) is 6. The van der Waals surface area contributed by atoms with Gasteiger partial charge in [0.2, 0.25) is 0 Å². The van der Waals surface area contributed by atoms with Crippen molar-refractivity contribution in [3.63, 3.8) is 0 Å². The van der Waals surface area contributed by atoms with Crippen molar-refractivity contribution < 1.29 is 9.53 Å². The molecule has 0 unspecified atom stereocenters. The van der Waals surface area contributed by atoms with Crippen LogP contribution in [-0.2, 0) is 23.2 Å². The van der Waals surface area contributed by atoms with Crippen molar-refractivity contribution in [2.45, 2.75) is 31.5 Å². The second kappa shape index (κ2) is 8.13. The number of benzene rings is 1. The Morgan fingerprint density at radius 1 is 1.23 bits per heavy atom. The smallest absolute Gasteiger partial charge is 0.316 e. The third kappa shape index (κ3) is 4.48. The molecule has 0 fully saturated rings. The molecule has 0 aliphatic heterocycles. The lowest BCUT2D eigenvalue weighted by molar-refractivity contribution is -0.141. The van der Waals surface area contributed by atoms with Gasteiger partial charge in [0, 0.05) is 12.7 Å². The molecule has 2 heterocycles. The zero-order chi connectivity index (χ0) is 18.5. The molecule has 0 radical (unpaired) electrons. The van der Waals surface area contributed by atoms with Crippen LogP contribution in [0.25, 0.3) is 5.69 Å². The second-order valence-corrected chi connectivity index (χ2v) is 7.01. The maximum Gasteiger partial charge on any atom is 0.316 e. The summed E-state index contributed by atoms with van der Waals surface area (Å²) in [5, 5.41) is 16.3. The predicted octanol–water partition coefficient (Wildman–Crippen LogP) is 2.35. The molecule has 0 bridgehead atoms. The summed E-state index contributed by atoms with van der Waals surface area (Å²) in [5.41, 5.74) is 2.83. The van der Waals surface area contributed by atoms with Crippen LogP contribution in [0.4, 0.5) is 0 Å². The fourth-order valence-corrected chi connectivity index (χ4v) is 3.03. The zero-order valence-corrected chi connectivity index (χ0v) is 15.7. The van der Waals surface area contributed by atoms with Gasteiger partial charge < -0.3 is 4.74 Å². The molecule has 0 aliphatic carbocycles. The van der Waals surface area contributed by atoms with Gasteiger partial charge >= 0.3 is 5.97 Å². The third-order valence-corrected chi connectivity index (χ3v) is 4.62. The van der Waals surface area contributed by atoms with Crippen molar-refractivity contribution in [2.24, 2.45) is 7.05 Å². The molecule has 2 aromatic heterocycles. The number of ether oxygens (including phenoxy) is 1. The number of hydrogen-bond acceptors (Lipinski definition) is 7. The van der Waals surface area contributed by atoms with Crippen LogP contribution in [0.3, 0.4) is 0 Å². The number of hydrogen-bond donors (Lipinski definition) is 0. The maximum absolute atomic E-state index is 11.9. The van der Waals surface area contributed by atoms with Crippen molar-refractivity contribution in [3.8, 4) is 5.69 Å². The van der Waals surface area contributed by atoms with E-state index < -0.39 is 0 Å².